The average molecular weight is 127 g/mol. The van der Waals surface area contributed by atoms with Gasteiger partial charge in [-0.25, -0.2) is 0 Å². The zero-order valence-electron chi connectivity index (χ0n) is 5.46. The van der Waals surface area contributed by atoms with E-state index in [1.807, 2.05) is 0 Å². The Hall–Kier alpha value is -0.900. The molecule has 2 N–H and O–H groups in total. The summed E-state index contributed by atoms with van der Waals surface area (Å²) in [6.45, 7) is 3.53. The highest BCUT2D eigenvalue weighted by Crippen LogP contribution is 2.05. The highest BCUT2D eigenvalue weighted by Gasteiger charge is 2.05. The molecule has 4 heteroatoms. The van der Waals surface area contributed by atoms with Crippen molar-refractivity contribution >= 4 is 0 Å². The molecule has 0 spiro atoms. The Bertz CT molecular complexity index is 194. The van der Waals surface area contributed by atoms with E-state index in [-0.39, 0.29) is 6.04 Å². The van der Waals surface area contributed by atoms with Gasteiger partial charge in [-0.2, -0.15) is 0 Å². The van der Waals surface area contributed by atoms with Crippen molar-refractivity contribution in [1.82, 2.24) is 10.2 Å². The van der Waals surface area contributed by atoms with Crippen molar-refractivity contribution in [1.29, 1.82) is 0 Å². The number of rotatable bonds is 1. The normalized spacial score (nSPS) is 13.7. The summed E-state index contributed by atoms with van der Waals surface area (Å²) < 4.78 is 5.00. The Kier molecular flexibility index (Phi) is 1.48. The molecule has 1 aromatic rings. The second-order valence-corrected chi connectivity index (χ2v) is 1.95. The summed E-state index contributed by atoms with van der Waals surface area (Å²) in [6, 6.07) is -0.161. The van der Waals surface area contributed by atoms with E-state index in [1.165, 1.54) is 0 Å². The number of nitrogens with zero attached hydrogens (tertiary/aromatic N) is 2. The largest absolute Gasteiger partial charge is 0.424 e. The third-order valence-corrected chi connectivity index (χ3v) is 0.931. The molecule has 0 aliphatic carbocycles. The zero-order chi connectivity index (χ0) is 6.85. The average Bonchev–Trinajstić information content (AvgIpc) is 2.14. The first-order valence-corrected chi connectivity index (χ1v) is 2.75. The van der Waals surface area contributed by atoms with Crippen LogP contribution in [0.25, 0.3) is 0 Å². The predicted molar refractivity (Wildman–Crippen MR) is 31.6 cm³/mol. The first kappa shape index (κ1) is 6.22. The van der Waals surface area contributed by atoms with Crippen LogP contribution in [0.2, 0.25) is 0 Å². The number of aromatic nitrogens is 2. The van der Waals surface area contributed by atoms with Crippen molar-refractivity contribution in [3.8, 4) is 0 Å². The number of hydrogen-bond acceptors (Lipinski definition) is 4. The molecule has 0 aromatic carbocycles. The predicted octanol–water partition coefficient (Wildman–Crippen LogP) is 0.398. The fourth-order valence-electron chi connectivity index (χ4n) is 0.496. The van der Waals surface area contributed by atoms with Crippen LogP contribution in [-0.2, 0) is 0 Å². The molecule has 1 heterocycles. The molecule has 9 heavy (non-hydrogen) atoms. The van der Waals surface area contributed by atoms with E-state index in [2.05, 4.69) is 10.2 Å². The summed E-state index contributed by atoms with van der Waals surface area (Å²) in [6.07, 6.45) is 0. The first-order valence-electron chi connectivity index (χ1n) is 2.75. The Morgan fingerprint density at radius 3 is 2.44 bits per heavy atom. The van der Waals surface area contributed by atoms with Crippen molar-refractivity contribution < 1.29 is 4.42 Å². The van der Waals surface area contributed by atoms with Gasteiger partial charge >= 0.3 is 0 Å². The Labute approximate surface area is 53.1 Å². The molecule has 0 saturated carbocycles. The minimum atomic E-state index is -0.161. The SMILES string of the molecule is Cc1nnc([C@@H](C)N)o1. The van der Waals surface area contributed by atoms with Gasteiger partial charge in [0.2, 0.25) is 11.8 Å². The second kappa shape index (κ2) is 2.14. The van der Waals surface area contributed by atoms with E-state index in [4.69, 9.17) is 10.2 Å². The van der Waals surface area contributed by atoms with Crippen molar-refractivity contribution in [3.63, 3.8) is 0 Å². The lowest BCUT2D eigenvalue weighted by molar-refractivity contribution is 0.442. The van der Waals surface area contributed by atoms with E-state index >= 15 is 0 Å². The highest BCUT2D eigenvalue weighted by molar-refractivity contribution is 4.83. The summed E-state index contributed by atoms with van der Waals surface area (Å²) in [5.74, 6) is 1.05. The van der Waals surface area contributed by atoms with E-state index in [9.17, 15) is 0 Å². The number of hydrogen-bond donors (Lipinski definition) is 1. The summed E-state index contributed by atoms with van der Waals surface area (Å²) in [7, 11) is 0. The lowest BCUT2D eigenvalue weighted by atomic mass is 10.4. The Morgan fingerprint density at radius 1 is 1.56 bits per heavy atom. The maximum Gasteiger partial charge on any atom is 0.232 e. The van der Waals surface area contributed by atoms with E-state index in [1.54, 1.807) is 13.8 Å². The van der Waals surface area contributed by atoms with Crippen LogP contribution < -0.4 is 5.73 Å². The fraction of sp³-hybridized carbons (Fsp3) is 0.600. The zero-order valence-corrected chi connectivity index (χ0v) is 5.46. The highest BCUT2D eigenvalue weighted by atomic mass is 16.4. The quantitative estimate of drug-likeness (QED) is 0.593. The molecule has 4 nitrogen and oxygen atoms in total. The topological polar surface area (TPSA) is 64.9 Å². The van der Waals surface area contributed by atoms with Crippen molar-refractivity contribution in [3.05, 3.63) is 11.8 Å². The number of nitrogens with two attached hydrogens (primary N) is 1. The fourth-order valence-corrected chi connectivity index (χ4v) is 0.496. The molecule has 0 aliphatic rings. The minimum absolute atomic E-state index is 0.161. The van der Waals surface area contributed by atoms with E-state index in [0.717, 1.165) is 0 Å². The van der Waals surface area contributed by atoms with Gasteiger partial charge in [-0.1, -0.05) is 0 Å². The minimum Gasteiger partial charge on any atom is -0.424 e. The Morgan fingerprint density at radius 2 is 2.22 bits per heavy atom. The van der Waals surface area contributed by atoms with Gasteiger partial charge in [0.05, 0.1) is 6.04 Å². The molecule has 0 amide bonds. The molecule has 1 aromatic heterocycles. The van der Waals surface area contributed by atoms with Crippen LogP contribution in [0.15, 0.2) is 4.42 Å². The molecule has 0 fully saturated rings. The summed E-state index contributed by atoms with van der Waals surface area (Å²) >= 11 is 0. The van der Waals surface area contributed by atoms with Gasteiger partial charge in [-0.3, -0.25) is 0 Å². The lowest BCUT2D eigenvalue weighted by Crippen LogP contribution is -2.04. The molecule has 1 rings (SSSR count). The summed E-state index contributed by atoms with van der Waals surface area (Å²) in [4.78, 5) is 0. The van der Waals surface area contributed by atoms with Gasteiger partial charge in [0, 0.05) is 6.92 Å². The van der Waals surface area contributed by atoms with Crippen LogP contribution in [0.5, 0.6) is 0 Å². The maximum atomic E-state index is 5.43. The molecule has 50 valence electrons. The third-order valence-electron chi connectivity index (χ3n) is 0.931. The van der Waals surface area contributed by atoms with Crippen LogP contribution in [0.1, 0.15) is 24.7 Å². The van der Waals surface area contributed by atoms with Crippen molar-refractivity contribution in [2.45, 2.75) is 19.9 Å². The smallest absolute Gasteiger partial charge is 0.232 e. The molecule has 0 aliphatic heterocycles. The van der Waals surface area contributed by atoms with Gasteiger partial charge in [-0.05, 0) is 6.92 Å². The molecule has 0 bridgehead atoms. The number of aryl methyl sites for hydroxylation is 1. The Balaban J connectivity index is 2.85. The van der Waals surface area contributed by atoms with Crippen molar-refractivity contribution in [2.75, 3.05) is 0 Å². The van der Waals surface area contributed by atoms with Gasteiger partial charge < -0.3 is 10.2 Å². The van der Waals surface area contributed by atoms with Gasteiger partial charge in [0.15, 0.2) is 0 Å². The van der Waals surface area contributed by atoms with Crippen LogP contribution in [0, 0.1) is 6.92 Å². The summed E-state index contributed by atoms with van der Waals surface area (Å²) in [5, 5.41) is 7.31. The molecular formula is C5H9N3O. The first-order chi connectivity index (χ1) is 4.20. The monoisotopic (exact) mass is 127 g/mol. The van der Waals surface area contributed by atoms with Crippen LogP contribution >= 0.6 is 0 Å². The van der Waals surface area contributed by atoms with Gasteiger partial charge in [0.25, 0.3) is 0 Å². The van der Waals surface area contributed by atoms with Crippen molar-refractivity contribution in [2.24, 2.45) is 5.73 Å². The maximum absolute atomic E-state index is 5.43. The third kappa shape index (κ3) is 1.26. The molecule has 1 atom stereocenters. The van der Waals surface area contributed by atoms with Crippen LogP contribution in [0.4, 0.5) is 0 Å². The lowest BCUT2D eigenvalue weighted by Gasteiger charge is -1.92. The van der Waals surface area contributed by atoms with E-state index in [0.29, 0.717) is 11.8 Å². The van der Waals surface area contributed by atoms with Crippen LogP contribution in [0.3, 0.4) is 0 Å². The summed E-state index contributed by atoms with van der Waals surface area (Å²) in [5.41, 5.74) is 5.43. The molecular weight excluding hydrogens is 118 g/mol. The molecule has 0 radical (unpaired) electrons. The molecule has 0 saturated heterocycles. The van der Waals surface area contributed by atoms with Crippen LogP contribution in [-0.4, -0.2) is 10.2 Å². The molecule has 0 unspecified atom stereocenters. The van der Waals surface area contributed by atoms with Gasteiger partial charge in [0.1, 0.15) is 0 Å². The standard InChI is InChI=1S/C5H9N3O/c1-3(6)5-8-7-4(2)9-5/h3H,6H2,1-2H3/t3-/m1/s1. The second-order valence-electron chi connectivity index (χ2n) is 1.95. The van der Waals surface area contributed by atoms with E-state index < -0.39 is 0 Å². The van der Waals surface area contributed by atoms with Gasteiger partial charge in [-0.15, -0.1) is 10.2 Å².